The van der Waals surface area contributed by atoms with Crippen molar-refractivity contribution in [1.29, 1.82) is 0 Å². The number of hydrogen-bond acceptors (Lipinski definition) is 2. The van der Waals surface area contributed by atoms with E-state index in [1.165, 1.54) is 18.2 Å². The molecular weight excluding hydrogens is 541 g/mol. The Morgan fingerprint density at radius 2 is 1.70 bits per heavy atom. The summed E-state index contributed by atoms with van der Waals surface area (Å²) in [5.41, 5.74) is -11.8. The Morgan fingerprint density at radius 3 is 2.30 bits per heavy atom. The van der Waals surface area contributed by atoms with Crippen LogP contribution in [0.25, 0.3) is 16.8 Å². The third-order valence-corrected chi connectivity index (χ3v) is 6.59. The maximum absolute atomic E-state index is 14.4. The van der Waals surface area contributed by atoms with Crippen LogP contribution in [0.5, 0.6) is 0 Å². The lowest BCUT2D eigenvalue weighted by atomic mass is 9.68. The van der Waals surface area contributed by atoms with E-state index in [1.807, 2.05) is 0 Å². The van der Waals surface area contributed by atoms with Gasteiger partial charge in [0.1, 0.15) is 0 Å². The summed E-state index contributed by atoms with van der Waals surface area (Å²) >= 11 is 6.09. The molecule has 14 heteroatoms. The second-order valence-electron chi connectivity index (χ2n) is 8.73. The van der Waals surface area contributed by atoms with E-state index in [2.05, 4.69) is 10.4 Å². The molecule has 0 radical (unpaired) electrons. The van der Waals surface area contributed by atoms with Crippen LogP contribution in [-0.4, -0.2) is 27.9 Å². The monoisotopic (exact) mass is 553 g/mol. The van der Waals surface area contributed by atoms with Gasteiger partial charge >= 0.3 is 18.3 Å². The van der Waals surface area contributed by atoms with E-state index in [-0.39, 0.29) is 28.3 Å². The molecule has 3 aromatic rings. The fraction of sp³-hybridized carbons (Fsp3) is 0.304. The Morgan fingerprint density at radius 1 is 1.03 bits per heavy atom. The van der Waals surface area contributed by atoms with Crippen LogP contribution in [0.4, 0.5) is 39.5 Å². The molecule has 37 heavy (non-hydrogen) atoms. The highest BCUT2D eigenvalue weighted by Crippen LogP contribution is 2.68. The van der Waals surface area contributed by atoms with E-state index in [1.54, 1.807) is 0 Å². The number of rotatable bonds is 4. The molecule has 4 nitrogen and oxygen atoms in total. The first-order valence-electron chi connectivity index (χ1n) is 10.6. The molecule has 0 spiro atoms. The van der Waals surface area contributed by atoms with E-state index < -0.39 is 52.2 Å². The molecule has 1 aromatic heterocycles. The van der Waals surface area contributed by atoms with Crippen LogP contribution < -0.4 is 5.32 Å². The molecule has 196 valence electrons. The first-order valence-corrected chi connectivity index (χ1v) is 11.0. The van der Waals surface area contributed by atoms with Crippen LogP contribution in [0.1, 0.15) is 39.9 Å². The fourth-order valence-electron chi connectivity index (χ4n) is 4.27. The van der Waals surface area contributed by atoms with Crippen LogP contribution in [0, 0.1) is 0 Å². The lowest BCUT2D eigenvalue weighted by molar-refractivity contribution is -0.335. The van der Waals surface area contributed by atoms with Gasteiger partial charge in [-0.2, -0.15) is 40.2 Å². The van der Waals surface area contributed by atoms with Crippen LogP contribution in [0.3, 0.4) is 0 Å². The van der Waals surface area contributed by atoms with Gasteiger partial charge in [-0.15, -0.1) is 0 Å². The van der Waals surface area contributed by atoms with Crippen molar-refractivity contribution in [2.45, 2.75) is 42.8 Å². The van der Waals surface area contributed by atoms with Gasteiger partial charge < -0.3 is 5.32 Å². The summed E-state index contributed by atoms with van der Waals surface area (Å²) in [5.74, 6) is -5.96. The van der Waals surface area contributed by atoms with Crippen molar-refractivity contribution in [1.82, 2.24) is 15.1 Å². The van der Waals surface area contributed by atoms with E-state index in [0.29, 0.717) is 16.3 Å². The summed E-state index contributed by atoms with van der Waals surface area (Å²) in [7, 11) is 0. The summed E-state index contributed by atoms with van der Waals surface area (Å²) in [4.78, 5) is 12.4. The van der Waals surface area contributed by atoms with Gasteiger partial charge in [0.05, 0.1) is 28.0 Å². The highest BCUT2D eigenvalue weighted by molar-refractivity contribution is 6.34. The van der Waals surface area contributed by atoms with Crippen LogP contribution in [0.2, 0.25) is 5.02 Å². The number of carbonyl (C=O) groups is 1. The highest BCUT2D eigenvalue weighted by atomic mass is 35.5. The summed E-state index contributed by atoms with van der Waals surface area (Å²) < 4.78 is 125. The van der Waals surface area contributed by atoms with Crippen molar-refractivity contribution < 1.29 is 44.3 Å². The molecule has 2 aliphatic rings. The van der Waals surface area contributed by atoms with Gasteiger partial charge in [0.2, 0.25) is 0 Å². The summed E-state index contributed by atoms with van der Waals surface area (Å²) in [6.07, 6.45) is -8.03. The minimum Gasteiger partial charge on any atom is -0.349 e. The minimum absolute atomic E-state index is 0.0185. The molecule has 0 aliphatic heterocycles. The van der Waals surface area contributed by atoms with Gasteiger partial charge in [-0.3, -0.25) is 4.79 Å². The van der Waals surface area contributed by atoms with Gasteiger partial charge in [0.15, 0.2) is 0 Å². The smallest absolute Gasteiger partial charge is 0.349 e. The predicted molar refractivity (Wildman–Crippen MR) is 112 cm³/mol. The third-order valence-electron chi connectivity index (χ3n) is 6.26. The average Bonchev–Trinajstić information content (AvgIpc) is 3.48. The second-order valence-corrected chi connectivity index (χ2v) is 9.13. The quantitative estimate of drug-likeness (QED) is 0.356. The van der Waals surface area contributed by atoms with E-state index in [0.717, 1.165) is 25.2 Å². The van der Waals surface area contributed by atoms with Gasteiger partial charge in [-0.25, -0.2) is 9.07 Å². The molecule has 2 aromatic carbocycles. The molecule has 1 atom stereocenters. The number of amides is 1. The topological polar surface area (TPSA) is 46.9 Å². The van der Waals surface area contributed by atoms with Crippen molar-refractivity contribution in [2.75, 3.05) is 0 Å². The molecule has 1 amide bonds. The number of nitrogens with one attached hydrogen (secondary N) is 1. The maximum Gasteiger partial charge on any atom is 0.433 e. The van der Waals surface area contributed by atoms with Gasteiger partial charge in [0.25, 0.3) is 11.6 Å². The number of fused-ring (bicyclic) bond motifs is 1. The van der Waals surface area contributed by atoms with Gasteiger partial charge in [0, 0.05) is 28.9 Å². The van der Waals surface area contributed by atoms with E-state index in [4.69, 9.17) is 11.6 Å². The molecule has 1 heterocycles. The molecular formula is C23H13ClF9N3O. The minimum atomic E-state index is -6.15. The van der Waals surface area contributed by atoms with Crippen molar-refractivity contribution in [2.24, 2.45) is 0 Å². The number of carbonyl (C=O) groups excluding carboxylic acids is 1. The van der Waals surface area contributed by atoms with Crippen molar-refractivity contribution >= 4 is 17.5 Å². The van der Waals surface area contributed by atoms with E-state index in [9.17, 15) is 44.3 Å². The molecule has 1 unspecified atom stereocenters. The highest BCUT2D eigenvalue weighted by Gasteiger charge is 2.81. The predicted octanol–water partition coefficient (Wildman–Crippen LogP) is 6.94. The van der Waals surface area contributed by atoms with Crippen LogP contribution in [-0.2, 0) is 17.8 Å². The largest absolute Gasteiger partial charge is 0.433 e. The third kappa shape index (κ3) is 3.77. The molecule has 0 saturated heterocycles. The Kier molecular flexibility index (Phi) is 5.42. The van der Waals surface area contributed by atoms with Gasteiger partial charge in [-0.1, -0.05) is 23.7 Å². The number of nitrogens with zero attached hydrogens (tertiary/aromatic N) is 2. The number of hydrogen-bond donors (Lipinski definition) is 1. The van der Waals surface area contributed by atoms with Crippen LogP contribution in [0.15, 0.2) is 42.7 Å². The zero-order valence-corrected chi connectivity index (χ0v) is 18.9. The zero-order valence-electron chi connectivity index (χ0n) is 18.1. The molecule has 2 aliphatic carbocycles. The SMILES string of the molecule is O=C(NC1CC1)c1cc(-c2cnn(-c3ccc4c(c3C(F)(F)F)C(F)(F)C4(F)C(F)(F)F)c2)ccc1Cl. The molecule has 5 rings (SSSR count). The molecule has 0 bridgehead atoms. The molecule has 1 saturated carbocycles. The molecule has 1 N–H and O–H groups in total. The maximum atomic E-state index is 14.4. The lowest BCUT2D eigenvalue weighted by Gasteiger charge is -2.46. The number of benzene rings is 2. The Balaban J connectivity index is 1.59. The number of alkyl halides is 9. The van der Waals surface area contributed by atoms with Crippen molar-refractivity contribution in [3.63, 3.8) is 0 Å². The molecule has 1 fully saturated rings. The Bertz CT molecular complexity index is 1430. The summed E-state index contributed by atoms with van der Waals surface area (Å²) in [6, 6.07) is 4.89. The van der Waals surface area contributed by atoms with E-state index >= 15 is 0 Å². The van der Waals surface area contributed by atoms with Crippen LogP contribution >= 0.6 is 11.6 Å². The van der Waals surface area contributed by atoms with Gasteiger partial charge in [-0.05, 0) is 36.6 Å². The van der Waals surface area contributed by atoms with Crippen molar-refractivity contribution in [3.8, 4) is 16.8 Å². The Labute approximate surface area is 207 Å². The number of halogens is 10. The zero-order chi connectivity index (χ0) is 27.1. The summed E-state index contributed by atoms with van der Waals surface area (Å²) in [6.45, 7) is 0. The second kappa shape index (κ2) is 7.89. The lowest BCUT2D eigenvalue weighted by Crippen LogP contribution is -2.60. The standard InChI is InChI=1S/C23H13ClF9N3O/c24-15-5-1-10(7-13(15)19(37)35-12-2-3-12)11-8-34-36(9-11)16-6-4-14-17(18(16)22(28,29)30)21(26,27)20(14,25)23(31,32)33/h1,4-9,12H,2-3H2,(H,35,37). The average molecular weight is 554 g/mol. The fourth-order valence-corrected chi connectivity index (χ4v) is 4.47. The Hall–Kier alpha value is -3.22. The first kappa shape index (κ1) is 25.4. The number of aromatic nitrogens is 2. The van der Waals surface area contributed by atoms with Crippen molar-refractivity contribution in [3.05, 3.63) is 70.0 Å². The normalized spacial score (nSPS) is 20.8. The first-order chi connectivity index (χ1) is 17.1. The summed E-state index contributed by atoms with van der Waals surface area (Å²) in [5, 5.41) is 6.59.